The van der Waals surface area contributed by atoms with Gasteiger partial charge in [0.1, 0.15) is 5.70 Å². The summed E-state index contributed by atoms with van der Waals surface area (Å²) in [6.45, 7) is 2.49. The summed E-state index contributed by atoms with van der Waals surface area (Å²) in [5, 5.41) is 12.0. The summed E-state index contributed by atoms with van der Waals surface area (Å²) < 4.78 is 0. The standard InChI is InChI=1S/C23H24N4O4/c28-15-14-27-21(29)16-20(23(27)31)24-18-6-8-19(9-7-18)25-10-12-26(13-11-25)22(30)17-4-2-1-3-5-17/h1-9,16,24,28H,10-15H2. The molecule has 0 bridgehead atoms. The van der Waals surface area contributed by atoms with Crippen molar-refractivity contribution in [2.45, 2.75) is 0 Å². The summed E-state index contributed by atoms with van der Waals surface area (Å²) >= 11 is 0. The predicted molar refractivity (Wildman–Crippen MR) is 117 cm³/mol. The number of amides is 3. The van der Waals surface area contributed by atoms with Crippen molar-refractivity contribution in [2.75, 3.05) is 49.5 Å². The molecule has 2 aromatic carbocycles. The number of anilines is 2. The smallest absolute Gasteiger partial charge is 0.277 e. The number of aliphatic hydroxyl groups is 1. The Balaban J connectivity index is 1.33. The highest BCUT2D eigenvalue weighted by Crippen LogP contribution is 2.22. The van der Waals surface area contributed by atoms with Gasteiger partial charge in [-0.2, -0.15) is 0 Å². The van der Waals surface area contributed by atoms with Crippen LogP contribution in [-0.4, -0.2) is 72.0 Å². The third kappa shape index (κ3) is 4.44. The van der Waals surface area contributed by atoms with Crippen LogP contribution in [0.5, 0.6) is 0 Å². The Morgan fingerprint density at radius 3 is 2.26 bits per heavy atom. The number of nitrogens with zero attached hydrogens (tertiary/aromatic N) is 3. The molecule has 4 rings (SSSR count). The van der Waals surface area contributed by atoms with Crippen molar-refractivity contribution in [3.05, 3.63) is 71.9 Å². The maximum Gasteiger partial charge on any atom is 0.277 e. The fraction of sp³-hybridized carbons (Fsp3) is 0.261. The predicted octanol–water partition coefficient (Wildman–Crippen LogP) is 1.31. The Hall–Kier alpha value is -3.65. The second-order valence-corrected chi connectivity index (χ2v) is 7.39. The molecular weight excluding hydrogens is 396 g/mol. The molecule has 0 saturated carbocycles. The van der Waals surface area contributed by atoms with Crippen LogP contribution in [0, 0.1) is 0 Å². The number of hydrogen-bond donors (Lipinski definition) is 2. The summed E-state index contributed by atoms with van der Waals surface area (Å²) in [5.74, 6) is -0.817. The normalized spacial score (nSPS) is 16.5. The zero-order chi connectivity index (χ0) is 21.8. The average molecular weight is 420 g/mol. The van der Waals surface area contributed by atoms with Crippen molar-refractivity contribution < 1.29 is 19.5 Å². The van der Waals surface area contributed by atoms with E-state index in [1.807, 2.05) is 59.5 Å². The molecule has 1 fully saturated rings. The van der Waals surface area contributed by atoms with Crippen LogP contribution in [0.4, 0.5) is 11.4 Å². The van der Waals surface area contributed by atoms with Crippen molar-refractivity contribution >= 4 is 29.1 Å². The molecule has 8 heteroatoms. The minimum absolute atomic E-state index is 0.0168. The van der Waals surface area contributed by atoms with E-state index in [1.54, 1.807) is 0 Å². The molecule has 2 aliphatic heterocycles. The quantitative estimate of drug-likeness (QED) is 0.685. The van der Waals surface area contributed by atoms with Gasteiger partial charge in [-0.15, -0.1) is 0 Å². The number of rotatable bonds is 6. The number of hydrogen-bond acceptors (Lipinski definition) is 6. The van der Waals surface area contributed by atoms with Gasteiger partial charge in [-0.25, -0.2) is 0 Å². The van der Waals surface area contributed by atoms with Gasteiger partial charge in [0.05, 0.1) is 13.2 Å². The van der Waals surface area contributed by atoms with Crippen molar-refractivity contribution in [1.82, 2.24) is 9.80 Å². The fourth-order valence-corrected chi connectivity index (χ4v) is 3.75. The molecule has 2 aliphatic rings. The molecule has 8 nitrogen and oxygen atoms in total. The number of carbonyl (C=O) groups is 3. The molecule has 0 atom stereocenters. The highest BCUT2D eigenvalue weighted by molar-refractivity contribution is 6.17. The highest BCUT2D eigenvalue weighted by Gasteiger charge is 2.30. The third-order valence-electron chi connectivity index (χ3n) is 5.43. The van der Waals surface area contributed by atoms with Crippen LogP contribution < -0.4 is 10.2 Å². The SMILES string of the molecule is O=C(c1ccccc1)N1CCN(c2ccc(NC3=CC(=O)N(CCO)C3=O)cc2)CC1. The van der Waals surface area contributed by atoms with E-state index >= 15 is 0 Å². The van der Waals surface area contributed by atoms with Gasteiger partial charge in [-0.1, -0.05) is 18.2 Å². The first-order valence-electron chi connectivity index (χ1n) is 10.2. The Bertz CT molecular complexity index is 996. The first-order chi connectivity index (χ1) is 15.1. The third-order valence-corrected chi connectivity index (χ3v) is 5.43. The van der Waals surface area contributed by atoms with Crippen molar-refractivity contribution in [3.8, 4) is 0 Å². The number of nitrogens with one attached hydrogen (secondary N) is 1. The van der Waals surface area contributed by atoms with E-state index in [1.165, 1.54) is 6.08 Å². The molecule has 0 aromatic heterocycles. The van der Waals surface area contributed by atoms with Crippen LogP contribution in [0.15, 0.2) is 66.4 Å². The molecule has 3 amide bonds. The van der Waals surface area contributed by atoms with E-state index in [4.69, 9.17) is 5.11 Å². The van der Waals surface area contributed by atoms with Crippen molar-refractivity contribution in [2.24, 2.45) is 0 Å². The number of piperazine rings is 1. The van der Waals surface area contributed by atoms with Crippen LogP contribution in [0.2, 0.25) is 0 Å². The second-order valence-electron chi connectivity index (χ2n) is 7.39. The van der Waals surface area contributed by atoms with Crippen LogP contribution in [0.3, 0.4) is 0 Å². The molecule has 2 N–H and O–H groups in total. The van der Waals surface area contributed by atoms with E-state index in [-0.39, 0.29) is 24.8 Å². The second kappa shape index (κ2) is 9.01. The zero-order valence-electron chi connectivity index (χ0n) is 17.0. The lowest BCUT2D eigenvalue weighted by Crippen LogP contribution is -2.48. The fourth-order valence-electron chi connectivity index (χ4n) is 3.75. The van der Waals surface area contributed by atoms with Crippen molar-refractivity contribution in [1.29, 1.82) is 0 Å². The molecule has 160 valence electrons. The Kier molecular flexibility index (Phi) is 5.99. The minimum Gasteiger partial charge on any atom is -0.395 e. The molecule has 1 saturated heterocycles. The first-order valence-corrected chi connectivity index (χ1v) is 10.2. The molecule has 0 unspecified atom stereocenters. The van der Waals surface area contributed by atoms with Crippen LogP contribution in [0.1, 0.15) is 10.4 Å². The van der Waals surface area contributed by atoms with Gasteiger partial charge < -0.3 is 20.2 Å². The Labute approximate surface area is 180 Å². The van der Waals surface area contributed by atoms with E-state index in [2.05, 4.69) is 10.2 Å². The van der Waals surface area contributed by atoms with Gasteiger partial charge in [0.15, 0.2) is 0 Å². The Morgan fingerprint density at radius 1 is 0.935 bits per heavy atom. The molecule has 2 heterocycles. The first kappa shape index (κ1) is 20.6. The lowest BCUT2D eigenvalue weighted by Gasteiger charge is -2.36. The largest absolute Gasteiger partial charge is 0.395 e. The topological polar surface area (TPSA) is 93.2 Å². The van der Waals surface area contributed by atoms with Gasteiger partial charge >= 0.3 is 0 Å². The number of benzene rings is 2. The maximum absolute atomic E-state index is 12.6. The summed E-state index contributed by atoms with van der Waals surface area (Å²) in [5.41, 5.74) is 2.62. The van der Waals surface area contributed by atoms with E-state index < -0.39 is 11.8 Å². The summed E-state index contributed by atoms with van der Waals surface area (Å²) in [6, 6.07) is 16.9. The van der Waals surface area contributed by atoms with E-state index in [0.29, 0.717) is 24.3 Å². The molecule has 2 aromatic rings. The van der Waals surface area contributed by atoms with E-state index in [0.717, 1.165) is 23.7 Å². The maximum atomic E-state index is 12.6. The molecule has 0 radical (unpaired) electrons. The number of imide groups is 1. The number of aliphatic hydroxyl groups excluding tert-OH is 1. The van der Waals surface area contributed by atoms with Crippen LogP contribution in [0.25, 0.3) is 0 Å². The summed E-state index contributed by atoms with van der Waals surface area (Å²) in [4.78, 5) is 41.8. The summed E-state index contributed by atoms with van der Waals surface area (Å²) in [7, 11) is 0. The van der Waals surface area contributed by atoms with Gasteiger partial charge in [-0.3, -0.25) is 19.3 Å². The molecule has 31 heavy (non-hydrogen) atoms. The zero-order valence-corrected chi connectivity index (χ0v) is 17.0. The van der Waals surface area contributed by atoms with Gasteiger partial charge in [-0.05, 0) is 36.4 Å². The van der Waals surface area contributed by atoms with Gasteiger partial charge in [0.2, 0.25) is 0 Å². The van der Waals surface area contributed by atoms with Crippen LogP contribution in [-0.2, 0) is 9.59 Å². The minimum atomic E-state index is -0.442. The summed E-state index contributed by atoms with van der Waals surface area (Å²) in [6.07, 6.45) is 1.24. The Morgan fingerprint density at radius 2 is 1.61 bits per heavy atom. The average Bonchev–Trinajstić information content (AvgIpc) is 3.07. The monoisotopic (exact) mass is 420 g/mol. The molecular formula is C23H24N4O4. The molecule has 0 spiro atoms. The van der Waals surface area contributed by atoms with Gasteiger partial charge in [0.25, 0.3) is 17.7 Å². The highest BCUT2D eigenvalue weighted by atomic mass is 16.3. The number of carbonyl (C=O) groups excluding carboxylic acids is 3. The molecule has 0 aliphatic carbocycles. The van der Waals surface area contributed by atoms with Crippen LogP contribution >= 0.6 is 0 Å². The number of β-amino-alcohol motifs (C(OH)–C–C–N with tert-alkyl or cyclic N) is 1. The van der Waals surface area contributed by atoms with E-state index in [9.17, 15) is 14.4 Å². The lowest BCUT2D eigenvalue weighted by molar-refractivity contribution is -0.137. The van der Waals surface area contributed by atoms with Crippen molar-refractivity contribution in [3.63, 3.8) is 0 Å². The van der Waals surface area contributed by atoms with Gasteiger partial charge in [0, 0.05) is 49.2 Å². The lowest BCUT2D eigenvalue weighted by atomic mass is 10.1.